The highest BCUT2D eigenvalue weighted by Gasteiger charge is 2.28. The van der Waals surface area contributed by atoms with Gasteiger partial charge in [0.15, 0.2) is 0 Å². The quantitative estimate of drug-likeness (QED) is 0.931. The summed E-state index contributed by atoms with van der Waals surface area (Å²) in [4.78, 5) is 4.52. The molecule has 98 valence electrons. The Morgan fingerprint density at radius 2 is 2.05 bits per heavy atom. The van der Waals surface area contributed by atoms with Crippen molar-refractivity contribution in [3.05, 3.63) is 64.4 Å². The topological polar surface area (TPSA) is 38.9 Å². The summed E-state index contributed by atoms with van der Waals surface area (Å²) in [5.74, 6) is 0.381. The first kappa shape index (κ1) is 12.6. The maximum atomic E-state index is 6.39. The van der Waals surface area contributed by atoms with Gasteiger partial charge in [-0.15, -0.1) is 0 Å². The van der Waals surface area contributed by atoms with Gasteiger partial charge in [-0.2, -0.15) is 0 Å². The number of nitrogens with zero attached hydrogens (tertiary/aromatic N) is 1. The van der Waals surface area contributed by atoms with Crippen molar-refractivity contribution in [2.45, 2.75) is 31.2 Å². The highest BCUT2D eigenvalue weighted by atomic mass is 35.5. The van der Waals surface area contributed by atoms with Crippen LogP contribution in [0, 0.1) is 0 Å². The van der Waals surface area contributed by atoms with Gasteiger partial charge < -0.3 is 5.73 Å². The molecule has 2 atom stereocenters. The van der Waals surface area contributed by atoms with Gasteiger partial charge in [-0.3, -0.25) is 4.98 Å². The third-order valence-corrected chi connectivity index (χ3v) is 4.16. The van der Waals surface area contributed by atoms with E-state index in [-0.39, 0.29) is 6.04 Å². The minimum Gasteiger partial charge on any atom is -0.327 e. The summed E-state index contributed by atoms with van der Waals surface area (Å²) in [6.07, 6.45) is 4.95. The standard InChI is InChI=1S/C16H17ClN2/c17-13-6-3-11(4-7-13)10-15(18)14-8-5-12-2-1-9-19-16(12)14/h1-4,6-7,9,14-15H,5,8,10,18H2. The van der Waals surface area contributed by atoms with Crippen molar-refractivity contribution in [2.75, 3.05) is 0 Å². The van der Waals surface area contributed by atoms with Crippen molar-refractivity contribution >= 4 is 11.6 Å². The van der Waals surface area contributed by atoms with Crippen LogP contribution in [0.15, 0.2) is 42.6 Å². The van der Waals surface area contributed by atoms with Gasteiger partial charge in [-0.1, -0.05) is 29.8 Å². The molecule has 3 heteroatoms. The number of benzene rings is 1. The number of rotatable bonds is 3. The second-order valence-corrected chi connectivity index (χ2v) is 5.62. The smallest absolute Gasteiger partial charge is 0.0482 e. The first-order valence-electron chi connectivity index (χ1n) is 6.68. The van der Waals surface area contributed by atoms with Gasteiger partial charge in [0.2, 0.25) is 0 Å². The molecule has 1 heterocycles. The van der Waals surface area contributed by atoms with Crippen LogP contribution in [0.3, 0.4) is 0 Å². The molecule has 1 aromatic carbocycles. The predicted octanol–water partition coefficient (Wildman–Crippen LogP) is 3.33. The number of aryl methyl sites for hydroxylation is 1. The Morgan fingerprint density at radius 1 is 1.26 bits per heavy atom. The van der Waals surface area contributed by atoms with E-state index >= 15 is 0 Å². The third-order valence-electron chi connectivity index (χ3n) is 3.90. The minimum atomic E-state index is 0.123. The van der Waals surface area contributed by atoms with Gasteiger partial charge in [0.05, 0.1) is 0 Å². The lowest BCUT2D eigenvalue weighted by atomic mass is 9.92. The van der Waals surface area contributed by atoms with Crippen LogP contribution in [0.5, 0.6) is 0 Å². The zero-order valence-corrected chi connectivity index (χ0v) is 11.5. The van der Waals surface area contributed by atoms with Crippen molar-refractivity contribution < 1.29 is 0 Å². The molecule has 2 unspecified atom stereocenters. The second-order valence-electron chi connectivity index (χ2n) is 5.19. The van der Waals surface area contributed by atoms with Crippen molar-refractivity contribution in [1.82, 2.24) is 4.98 Å². The fourth-order valence-electron chi connectivity index (χ4n) is 2.90. The normalized spacial score (nSPS) is 19.2. The molecular formula is C16H17ClN2. The Hall–Kier alpha value is -1.38. The Kier molecular flexibility index (Phi) is 3.54. The van der Waals surface area contributed by atoms with Gasteiger partial charge in [-0.25, -0.2) is 0 Å². The molecule has 1 aliphatic carbocycles. The lowest BCUT2D eigenvalue weighted by Crippen LogP contribution is -2.30. The number of pyridine rings is 1. The van der Waals surface area contributed by atoms with E-state index in [2.05, 4.69) is 23.2 Å². The largest absolute Gasteiger partial charge is 0.327 e. The molecule has 0 fully saturated rings. The highest BCUT2D eigenvalue weighted by Crippen LogP contribution is 2.34. The van der Waals surface area contributed by atoms with Gasteiger partial charge in [0.25, 0.3) is 0 Å². The lowest BCUT2D eigenvalue weighted by Gasteiger charge is -2.19. The van der Waals surface area contributed by atoms with E-state index in [4.69, 9.17) is 17.3 Å². The van der Waals surface area contributed by atoms with Crippen LogP contribution in [-0.2, 0) is 12.8 Å². The zero-order valence-electron chi connectivity index (χ0n) is 10.7. The van der Waals surface area contributed by atoms with Crippen molar-refractivity contribution in [3.8, 4) is 0 Å². The van der Waals surface area contributed by atoms with Gasteiger partial charge in [0, 0.05) is 28.9 Å². The summed E-state index contributed by atoms with van der Waals surface area (Å²) in [6.45, 7) is 0. The van der Waals surface area contributed by atoms with Crippen LogP contribution in [0.4, 0.5) is 0 Å². The first-order chi connectivity index (χ1) is 9.24. The lowest BCUT2D eigenvalue weighted by molar-refractivity contribution is 0.517. The molecule has 0 saturated heterocycles. The maximum absolute atomic E-state index is 6.39. The Bertz CT molecular complexity index is 565. The Labute approximate surface area is 118 Å². The molecule has 1 aromatic heterocycles. The van der Waals surface area contributed by atoms with E-state index in [9.17, 15) is 0 Å². The molecule has 0 amide bonds. The fraction of sp³-hybridized carbons (Fsp3) is 0.312. The molecule has 0 bridgehead atoms. The SMILES string of the molecule is NC(Cc1ccc(Cl)cc1)C1CCc2cccnc21. The number of halogens is 1. The van der Waals surface area contributed by atoms with Crippen LogP contribution in [-0.4, -0.2) is 11.0 Å². The van der Waals surface area contributed by atoms with E-state index < -0.39 is 0 Å². The fourth-order valence-corrected chi connectivity index (χ4v) is 3.02. The molecule has 0 radical (unpaired) electrons. The summed E-state index contributed by atoms with van der Waals surface area (Å²) < 4.78 is 0. The molecule has 2 N–H and O–H groups in total. The number of fused-ring (bicyclic) bond motifs is 1. The molecule has 3 rings (SSSR count). The van der Waals surface area contributed by atoms with Gasteiger partial charge >= 0.3 is 0 Å². The Morgan fingerprint density at radius 3 is 2.84 bits per heavy atom. The summed E-state index contributed by atoms with van der Waals surface area (Å²) in [7, 11) is 0. The van der Waals surface area contributed by atoms with Crippen LogP contribution < -0.4 is 5.73 Å². The Balaban J connectivity index is 1.75. The average Bonchev–Trinajstić information content (AvgIpc) is 2.85. The minimum absolute atomic E-state index is 0.123. The van der Waals surface area contributed by atoms with E-state index in [0.717, 1.165) is 24.3 Å². The molecule has 0 aliphatic heterocycles. The maximum Gasteiger partial charge on any atom is 0.0482 e. The van der Waals surface area contributed by atoms with Crippen LogP contribution in [0.25, 0.3) is 0 Å². The third kappa shape index (κ3) is 2.65. The monoisotopic (exact) mass is 272 g/mol. The average molecular weight is 273 g/mol. The predicted molar refractivity (Wildman–Crippen MR) is 78.4 cm³/mol. The van der Waals surface area contributed by atoms with Crippen molar-refractivity contribution in [1.29, 1.82) is 0 Å². The molecule has 2 nitrogen and oxygen atoms in total. The number of hydrogen-bond donors (Lipinski definition) is 1. The summed E-state index contributed by atoms with van der Waals surface area (Å²) in [5.41, 5.74) is 10.2. The zero-order chi connectivity index (χ0) is 13.2. The summed E-state index contributed by atoms with van der Waals surface area (Å²) >= 11 is 5.90. The molecule has 1 aliphatic rings. The van der Waals surface area contributed by atoms with Crippen LogP contribution >= 0.6 is 11.6 Å². The van der Waals surface area contributed by atoms with Crippen molar-refractivity contribution in [2.24, 2.45) is 5.73 Å². The van der Waals surface area contributed by atoms with Crippen LogP contribution in [0.1, 0.15) is 29.2 Å². The highest BCUT2D eigenvalue weighted by molar-refractivity contribution is 6.30. The number of nitrogens with two attached hydrogens (primary N) is 1. The van der Waals surface area contributed by atoms with E-state index in [1.54, 1.807) is 0 Å². The second kappa shape index (κ2) is 5.32. The number of hydrogen-bond acceptors (Lipinski definition) is 2. The molecular weight excluding hydrogens is 256 g/mol. The number of aromatic nitrogens is 1. The molecule has 19 heavy (non-hydrogen) atoms. The van der Waals surface area contributed by atoms with Crippen molar-refractivity contribution in [3.63, 3.8) is 0 Å². The van der Waals surface area contributed by atoms with E-state index in [0.29, 0.717) is 5.92 Å². The van der Waals surface area contributed by atoms with E-state index in [1.165, 1.54) is 16.8 Å². The van der Waals surface area contributed by atoms with Gasteiger partial charge in [-0.05, 0) is 48.6 Å². The summed E-state index contributed by atoms with van der Waals surface area (Å²) in [5, 5.41) is 0.769. The molecule has 2 aromatic rings. The molecule has 0 spiro atoms. The molecule has 0 saturated carbocycles. The van der Waals surface area contributed by atoms with Crippen LogP contribution in [0.2, 0.25) is 5.02 Å². The first-order valence-corrected chi connectivity index (χ1v) is 7.05. The summed E-state index contributed by atoms with van der Waals surface area (Å²) in [6, 6.07) is 12.2. The van der Waals surface area contributed by atoms with Gasteiger partial charge in [0.1, 0.15) is 0 Å². The van der Waals surface area contributed by atoms with E-state index in [1.807, 2.05) is 24.4 Å².